The minimum absolute atomic E-state index is 0.193. The fraction of sp³-hybridized carbons (Fsp3) is 0.588. The van der Waals surface area contributed by atoms with Crippen molar-refractivity contribution in [3.8, 4) is 0 Å². The van der Waals surface area contributed by atoms with Gasteiger partial charge in [0, 0.05) is 19.3 Å². The summed E-state index contributed by atoms with van der Waals surface area (Å²) in [5.41, 5.74) is -0.226. The highest BCUT2D eigenvalue weighted by molar-refractivity contribution is 5.94. The van der Waals surface area contributed by atoms with Crippen LogP contribution < -0.4 is 0 Å². The number of likely N-dealkylation sites (tertiary alicyclic amines) is 1. The van der Waals surface area contributed by atoms with E-state index in [1.807, 2.05) is 27.7 Å². The Morgan fingerprint density at radius 3 is 2.57 bits per heavy atom. The molecule has 0 saturated carbocycles. The van der Waals surface area contributed by atoms with Gasteiger partial charge >= 0.3 is 5.97 Å². The highest BCUT2D eigenvalue weighted by Crippen LogP contribution is 2.25. The standard InChI is InChI=1S/C17H23FN2O3/c1-11-7-13(16(22)23-17(2,3)4)10-20(9-11)15(21)12-5-6-14(18)19-8-12/h5-6,8,11,13H,7,9-10H2,1-4H3/t11-,13-/m1/s1. The van der Waals surface area contributed by atoms with Gasteiger partial charge in [-0.05, 0) is 45.2 Å². The van der Waals surface area contributed by atoms with E-state index in [4.69, 9.17) is 4.74 Å². The third kappa shape index (κ3) is 4.74. The first-order valence-electron chi connectivity index (χ1n) is 7.79. The zero-order valence-electron chi connectivity index (χ0n) is 14.0. The molecular formula is C17H23FN2O3. The molecule has 1 aromatic rings. The van der Waals surface area contributed by atoms with Gasteiger partial charge in [-0.15, -0.1) is 0 Å². The first-order valence-corrected chi connectivity index (χ1v) is 7.79. The van der Waals surface area contributed by atoms with E-state index >= 15 is 0 Å². The molecule has 0 aromatic carbocycles. The van der Waals surface area contributed by atoms with Gasteiger partial charge in [0.1, 0.15) is 5.60 Å². The summed E-state index contributed by atoms with van der Waals surface area (Å²) in [6, 6.07) is 2.57. The number of aromatic nitrogens is 1. The number of ether oxygens (including phenoxy) is 1. The summed E-state index contributed by atoms with van der Waals surface area (Å²) < 4.78 is 18.3. The minimum atomic E-state index is -0.625. The van der Waals surface area contributed by atoms with Crippen LogP contribution in [0.25, 0.3) is 0 Å². The molecule has 126 valence electrons. The SMILES string of the molecule is C[C@@H]1C[C@@H](C(=O)OC(C)(C)C)CN(C(=O)c2ccc(F)nc2)C1. The molecule has 2 rings (SSSR count). The average molecular weight is 322 g/mol. The Morgan fingerprint density at radius 1 is 1.30 bits per heavy atom. The molecule has 1 amide bonds. The number of nitrogens with zero attached hydrogens (tertiary/aromatic N) is 2. The largest absolute Gasteiger partial charge is 0.460 e. The van der Waals surface area contributed by atoms with Crippen LogP contribution in [0.3, 0.4) is 0 Å². The first kappa shape index (κ1) is 17.4. The maximum Gasteiger partial charge on any atom is 0.311 e. The summed E-state index contributed by atoms with van der Waals surface area (Å²) in [4.78, 5) is 29.9. The third-order valence-corrected chi connectivity index (χ3v) is 3.66. The number of piperidine rings is 1. The van der Waals surface area contributed by atoms with Crippen LogP contribution in [0.1, 0.15) is 44.5 Å². The lowest BCUT2D eigenvalue weighted by Crippen LogP contribution is -2.46. The molecule has 5 nitrogen and oxygen atoms in total. The molecule has 23 heavy (non-hydrogen) atoms. The fourth-order valence-electron chi connectivity index (χ4n) is 2.76. The van der Waals surface area contributed by atoms with E-state index < -0.39 is 11.5 Å². The van der Waals surface area contributed by atoms with Gasteiger partial charge in [-0.3, -0.25) is 9.59 Å². The maximum atomic E-state index is 12.9. The van der Waals surface area contributed by atoms with E-state index in [-0.39, 0.29) is 23.7 Å². The van der Waals surface area contributed by atoms with Crippen LogP contribution in [0, 0.1) is 17.8 Å². The van der Waals surface area contributed by atoms with Gasteiger partial charge < -0.3 is 9.64 Å². The normalized spacial score (nSPS) is 21.9. The van der Waals surface area contributed by atoms with Crippen molar-refractivity contribution in [1.82, 2.24) is 9.88 Å². The molecule has 1 aromatic heterocycles. The molecule has 2 heterocycles. The highest BCUT2D eigenvalue weighted by Gasteiger charge is 2.34. The lowest BCUT2D eigenvalue weighted by atomic mass is 9.90. The van der Waals surface area contributed by atoms with Crippen LogP contribution in [-0.2, 0) is 9.53 Å². The Kier molecular flexibility index (Phi) is 5.02. The molecule has 2 atom stereocenters. The number of esters is 1. The zero-order chi connectivity index (χ0) is 17.2. The maximum absolute atomic E-state index is 12.9. The van der Waals surface area contributed by atoms with Crippen molar-refractivity contribution in [3.63, 3.8) is 0 Å². The number of halogens is 1. The average Bonchev–Trinajstić information content (AvgIpc) is 2.45. The second-order valence-electron chi connectivity index (χ2n) is 7.15. The topological polar surface area (TPSA) is 59.5 Å². The van der Waals surface area contributed by atoms with Crippen molar-refractivity contribution in [3.05, 3.63) is 29.8 Å². The van der Waals surface area contributed by atoms with Gasteiger partial charge in [0.15, 0.2) is 0 Å². The van der Waals surface area contributed by atoms with E-state index in [1.165, 1.54) is 12.3 Å². The van der Waals surface area contributed by atoms with E-state index in [9.17, 15) is 14.0 Å². The summed E-state index contributed by atoms with van der Waals surface area (Å²) in [5.74, 6) is -1.29. The lowest BCUT2D eigenvalue weighted by Gasteiger charge is -2.36. The fourth-order valence-corrected chi connectivity index (χ4v) is 2.76. The number of amides is 1. The van der Waals surface area contributed by atoms with Crippen molar-refractivity contribution in [2.45, 2.75) is 39.7 Å². The van der Waals surface area contributed by atoms with Crippen molar-refractivity contribution in [2.24, 2.45) is 11.8 Å². The zero-order valence-corrected chi connectivity index (χ0v) is 14.0. The molecule has 0 aliphatic carbocycles. The molecule has 1 saturated heterocycles. The Balaban J connectivity index is 2.09. The molecule has 1 fully saturated rings. The summed E-state index contributed by atoms with van der Waals surface area (Å²) in [7, 11) is 0. The van der Waals surface area contributed by atoms with Crippen LogP contribution >= 0.6 is 0 Å². The summed E-state index contributed by atoms with van der Waals surface area (Å²) >= 11 is 0. The second kappa shape index (κ2) is 6.64. The summed E-state index contributed by atoms with van der Waals surface area (Å²) in [5, 5.41) is 0. The number of carbonyl (C=O) groups excluding carboxylic acids is 2. The molecule has 1 aliphatic rings. The highest BCUT2D eigenvalue weighted by atomic mass is 19.1. The number of hydrogen-bond donors (Lipinski definition) is 0. The predicted octanol–water partition coefficient (Wildman–Crippen LogP) is 2.66. The number of hydrogen-bond acceptors (Lipinski definition) is 4. The molecule has 6 heteroatoms. The smallest absolute Gasteiger partial charge is 0.311 e. The lowest BCUT2D eigenvalue weighted by molar-refractivity contribution is -0.162. The van der Waals surface area contributed by atoms with Crippen LogP contribution in [-0.4, -0.2) is 40.5 Å². The van der Waals surface area contributed by atoms with Crippen molar-refractivity contribution >= 4 is 11.9 Å². The minimum Gasteiger partial charge on any atom is -0.460 e. The van der Waals surface area contributed by atoms with E-state index in [1.54, 1.807) is 4.90 Å². The van der Waals surface area contributed by atoms with Gasteiger partial charge in [0.05, 0.1) is 11.5 Å². The van der Waals surface area contributed by atoms with Gasteiger partial charge in [-0.1, -0.05) is 6.92 Å². The number of carbonyl (C=O) groups is 2. The Labute approximate surface area is 135 Å². The summed E-state index contributed by atoms with van der Waals surface area (Å²) in [6.07, 6.45) is 1.92. The van der Waals surface area contributed by atoms with Crippen LogP contribution in [0.4, 0.5) is 4.39 Å². The van der Waals surface area contributed by atoms with Crippen molar-refractivity contribution in [2.75, 3.05) is 13.1 Å². The van der Waals surface area contributed by atoms with E-state index in [0.717, 1.165) is 6.07 Å². The van der Waals surface area contributed by atoms with Crippen LogP contribution in [0.2, 0.25) is 0 Å². The van der Waals surface area contributed by atoms with Gasteiger partial charge in [0.25, 0.3) is 5.91 Å². The Bertz CT molecular complexity index is 580. The first-order chi connectivity index (χ1) is 10.7. The van der Waals surface area contributed by atoms with Crippen molar-refractivity contribution in [1.29, 1.82) is 0 Å². The summed E-state index contributed by atoms with van der Waals surface area (Å²) in [6.45, 7) is 8.35. The molecular weight excluding hydrogens is 299 g/mol. The third-order valence-electron chi connectivity index (χ3n) is 3.66. The Morgan fingerprint density at radius 2 is 2.00 bits per heavy atom. The quantitative estimate of drug-likeness (QED) is 0.620. The van der Waals surface area contributed by atoms with Gasteiger partial charge in [-0.25, -0.2) is 4.98 Å². The molecule has 1 aliphatic heterocycles. The molecule has 0 N–H and O–H groups in total. The Hall–Kier alpha value is -1.98. The second-order valence-corrected chi connectivity index (χ2v) is 7.15. The molecule has 0 radical (unpaired) electrons. The van der Waals surface area contributed by atoms with E-state index in [2.05, 4.69) is 4.98 Å². The van der Waals surface area contributed by atoms with Crippen LogP contribution in [0.15, 0.2) is 18.3 Å². The molecule has 0 bridgehead atoms. The number of rotatable bonds is 2. The van der Waals surface area contributed by atoms with Crippen LogP contribution in [0.5, 0.6) is 0 Å². The predicted molar refractivity (Wildman–Crippen MR) is 83.2 cm³/mol. The number of pyridine rings is 1. The van der Waals surface area contributed by atoms with Gasteiger partial charge in [-0.2, -0.15) is 4.39 Å². The van der Waals surface area contributed by atoms with Gasteiger partial charge in [0.2, 0.25) is 5.95 Å². The monoisotopic (exact) mass is 322 g/mol. The molecule has 0 unspecified atom stereocenters. The van der Waals surface area contributed by atoms with E-state index in [0.29, 0.717) is 25.1 Å². The molecule has 0 spiro atoms. The van der Waals surface area contributed by atoms with Crippen molar-refractivity contribution < 1.29 is 18.7 Å².